The first-order valence-corrected chi connectivity index (χ1v) is 11.5. The van der Waals surface area contributed by atoms with Gasteiger partial charge in [0.1, 0.15) is 5.70 Å². The van der Waals surface area contributed by atoms with E-state index >= 15 is 0 Å². The van der Waals surface area contributed by atoms with Gasteiger partial charge in [-0.2, -0.15) is 0 Å². The monoisotopic (exact) mass is 453 g/mol. The third-order valence-electron chi connectivity index (χ3n) is 6.33. The van der Waals surface area contributed by atoms with Gasteiger partial charge < -0.3 is 10.2 Å². The van der Waals surface area contributed by atoms with Crippen LogP contribution in [0, 0.1) is 13.8 Å². The number of imide groups is 1. The van der Waals surface area contributed by atoms with Gasteiger partial charge in [0.2, 0.25) is 0 Å². The summed E-state index contributed by atoms with van der Waals surface area (Å²) in [5, 5.41) is 3.26. The molecule has 1 N–H and O–H groups in total. The summed E-state index contributed by atoms with van der Waals surface area (Å²) in [6.45, 7) is 8.32. The molecule has 0 atom stereocenters. The van der Waals surface area contributed by atoms with Crippen LogP contribution in [0.15, 0.2) is 72.4 Å². The third-order valence-corrected chi connectivity index (χ3v) is 6.33. The standard InChI is InChI=1S/C29H31N3O2/c1-18(2)21-12-14-23(15-13-21)30-27-26(22-11-10-19(3)20(4)16-22)28(33)32(29(27)34)25-9-7-8-24(17-25)31(5)6/h7-18,30H,1-6H3. The molecule has 0 fully saturated rings. The largest absolute Gasteiger partial charge is 0.378 e. The highest BCUT2D eigenvalue weighted by molar-refractivity contribution is 6.46. The highest BCUT2D eigenvalue weighted by Gasteiger charge is 2.40. The molecule has 174 valence electrons. The Bertz CT molecular complexity index is 1290. The van der Waals surface area contributed by atoms with E-state index in [0.717, 1.165) is 28.1 Å². The number of anilines is 3. The van der Waals surface area contributed by atoms with Gasteiger partial charge in [0, 0.05) is 25.5 Å². The molecule has 0 aromatic heterocycles. The molecule has 0 radical (unpaired) electrons. The van der Waals surface area contributed by atoms with Gasteiger partial charge in [-0.3, -0.25) is 9.59 Å². The van der Waals surface area contributed by atoms with Gasteiger partial charge in [-0.1, -0.05) is 50.2 Å². The summed E-state index contributed by atoms with van der Waals surface area (Å²) >= 11 is 0. The lowest BCUT2D eigenvalue weighted by Crippen LogP contribution is -2.32. The maximum Gasteiger partial charge on any atom is 0.282 e. The Morgan fingerprint density at radius 3 is 2.15 bits per heavy atom. The molecule has 34 heavy (non-hydrogen) atoms. The Kier molecular flexibility index (Phi) is 6.29. The maximum atomic E-state index is 13.7. The Morgan fingerprint density at radius 2 is 1.53 bits per heavy atom. The molecule has 2 amide bonds. The minimum absolute atomic E-state index is 0.292. The van der Waals surface area contributed by atoms with E-state index in [1.807, 2.05) is 93.5 Å². The minimum Gasteiger partial charge on any atom is -0.378 e. The van der Waals surface area contributed by atoms with Crippen molar-refractivity contribution in [1.82, 2.24) is 0 Å². The Labute approximate surface area is 201 Å². The number of benzene rings is 3. The molecule has 1 heterocycles. The fourth-order valence-corrected chi connectivity index (χ4v) is 4.05. The Hall–Kier alpha value is -3.86. The Balaban J connectivity index is 1.80. The second-order valence-corrected chi connectivity index (χ2v) is 9.31. The van der Waals surface area contributed by atoms with Gasteiger partial charge in [-0.25, -0.2) is 4.90 Å². The average molecular weight is 454 g/mol. The number of hydrogen-bond acceptors (Lipinski definition) is 4. The van der Waals surface area contributed by atoms with Crippen molar-refractivity contribution in [3.05, 3.63) is 94.7 Å². The van der Waals surface area contributed by atoms with E-state index in [4.69, 9.17) is 0 Å². The predicted octanol–water partition coefficient (Wildman–Crippen LogP) is 5.89. The number of nitrogens with one attached hydrogen (secondary N) is 1. The lowest BCUT2D eigenvalue weighted by atomic mass is 9.99. The highest BCUT2D eigenvalue weighted by Crippen LogP contribution is 2.35. The van der Waals surface area contributed by atoms with Gasteiger partial charge in [0.05, 0.1) is 11.3 Å². The van der Waals surface area contributed by atoms with Crippen molar-refractivity contribution < 1.29 is 9.59 Å². The van der Waals surface area contributed by atoms with Crippen LogP contribution in [-0.4, -0.2) is 25.9 Å². The molecule has 0 saturated carbocycles. The van der Waals surface area contributed by atoms with Crippen molar-refractivity contribution in [2.45, 2.75) is 33.6 Å². The quantitative estimate of drug-likeness (QED) is 0.473. The van der Waals surface area contributed by atoms with Crippen LogP contribution in [-0.2, 0) is 9.59 Å². The summed E-state index contributed by atoms with van der Waals surface area (Å²) in [6.07, 6.45) is 0. The lowest BCUT2D eigenvalue weighted by molar-refractivity contribution is -0.120. The van der Waals surface area contributed by atoms with Crippen LogP contribution in [0.2, 0.25) is 0 Å². The first-order chi connectivity index (χ1) is 16.2. The zero-order valence-corrected chi connectivity index (χ0v) is 20.6. The second-order valence-electron chi connectivity index (χ2n) is 9.31. The van der Waals surface area contributed by atoms with Crippen LogP contribution < -0.4 is 15.1 Å². The molecule has 5 heteroatoms. The van der Waals surface area contributed by atoms with Gasteiger partial charge in [-0.05, 0) is 72.4 Å². The van der Waals surface area contributed by atoms with E-state index in [-0.39, 0.29) is 11.8 Å². The van der Waals surface area contributed by atoms with E-state index in [2.05, 4.69) is 19.2 Å². The first-order valence-electron chi connectivity index (χ1n) is 11.5. The number of nitrogens with zero attached hydrogens (tertiary/aromatic N) is 2. The summed E-state index contributed by atoms with van der Waals surface area (Å²) in [5.74, 6) is -0.277. The SMILES string of the molecule is Cc1ccc(C2=C(Nc3ccc(C(C)C)cc3)C(=O)N(c3cccc(N(C)C)c3)C2=O)cc1C. The van der Waals surface area contributed by atoms with E-state index in [0.29, 0.717) is 22.9 Å². The lowest BCUT2D eigenvalue weighted by Gasteiger charge is -2.19. The molecule has 0 spiro atoms. The normalized spacial score (nSPS) is 13.8. The molecule has 0 bridgehead atoms. The number of amides is 2. The van der Waals surface area contributed by atoms with Gasteiger partial charge in [0.25, 0.3) is 11.8 Å². The van der Waals surface area contributed by atoms with E-state index in [9.17, 15) is 9.59 Å². The molecule has 0 aliphatic carbocycles. The average Bonchev–Trinajstić information content (AvgIpc) is 3.05. The molecule has 4 rings (SSSR count). The molecule has 5 nitrogen and oxygen atoms in total. The van der Waals surface area contributed by atoms with Crippen LogP contribution >= 0.6 is 0 Å². The minimum atomic E-state index is -0.359. The van der Waals surface area contributed by atoms with Gasteiger partial charge in [-0.15, -0.1) is 0 Å². The highest BCUT2D eigenvalue weighted by atomic mass is 16.2. The summed E-state index contributed by atoms with van der Waals surface area (Å²) in [7, 11) is 3.86. The topological polar surface area (TPSA) is 52.7 Å². The van der Waals surface area contributed by atoms with Gasteiger partial charge in [0.15, 0.2) is 0 Å². The van der Waals surface area contributed by atoms with Crippen LogP contribution in [0.1, 0.15) is 42.0 Å². The third kappa shape index (κ3) is 4.34. The fraction of sp³-hybridized carbons (Fsp3) is 0.241. The number of carbonyl (C=O) groups is 2. The van der Waals surface area contributed by atoms with E-state index < -0.39 is 0 Å². The van der Waals surface area contributed by atoms with Crippen molar-refractivity contribution in [1.29, 1.82) is 0 Å². The van der Waals surface area contributed by atoms with Crippen molar-refractivity contribution in [3.63, 3.8) is 0 Å². The molecule has 0 unspecified atom stereocenters. The van der Waals surface area contributed by atoms with Crippen LogP contribution in [0.5, 0.6) is 0 Å². The van der Waals surface area contributed by atoms with Crippen molar-refractivity contribution in [2.75, 3.05) is 29.2 Å². The number of aryl methyl sites for hydroxylation is 2. The molecule has 0 saturated heterocycles. The maximum absolute atomic E-state index is 13.7. The number of rotatable bonds is 6. The summed E-state index contributed by atoms with van der Waals surface area (Å²) < 4.78 is 0. The predicted molar refractivity (Wildman–Crippen MR) is 140 cm³/mol. The molecular formula is C29H31N3O2. The molecule has 1 aliphatic rings. The van der Waals surface area contributed by atoms with E-state index in [1.54, 1.807) is 6.07 Å². The molecular weight excluding hydrogens is 422 g/mol. The molecule has 3 aromatic rings. The van der Waals surface area contributed by atoms with Crippen LogP contribution in [0.3, 0.4) is 0 Å². The summed E-state index contributed by atoms with van der Waals surface area (Å²) in [6, 6.07) is 21.3. The zero-order chi connectivity index (χ0) is 24.6. The smallest absolute Gasteiger partial charge is 0.282 e. The first kappa shape index (κ1) is 23.3. The van der Waals surface area contributed by atoms with Crippen molar-refractivity contribution >= 4 is 34.4 Å². The molecule has 1 aliphatic heterocycles. The van der Waals surface area contributed by atoms with Gasteiger partial charge >= 0.3 is 0 Å². The number of hydrogen-bond donors (Lipinski definition) is 1. The number of carbonyl (C=O) groups excluding carboxylic acids is 2. The van der Waals surface area contributed by atoms with Crippen molar-refractivity contribution in [3.8, 4) is 0 Å². The second kappa shape index (κ2) is 9.18. The van der Waals surface area contributed by atoms with Crippen LogP contribution in [0.4, 0.5) is 17.1 Å². The van der Waals surface area contributed by atoms with E-state index in [1.165, 1.54) is 10.5 Å². The van der Waals surface area contributed by atoms with Crippen molar-refractivity contribution in [2.24, 2.45) is 0 Å². The zero-order valence-electron chi connectivity index (χ0n) is 20.6. The van der Waals surface area contributed by atoms with Crippen LogP contribution in [0.25, 0.3) is 5.57 Å². The fourth-order valence-electron chi connectivity index (χ4n) is 4.05. The Morgan fingerprint density at radius 1 is 0.824 bits per heavy atom. The molecule has 3 aromatic carbocycles. The summed E-state index contributed by atoms with van der Waals surface area (Å²) in [5.41, 5.74) is 7.06. The summed E-state index contributed by atoms with van der Waals surface area (Å²) in [4.78, 5) is 30.6.